The van der Waals surface area contributed by atoms with Crippen LogP contribution in [-0.2, 0) is 0 Å². The Bertz CT molecular complexity index is 468. The van der Waals surface area contributed by atoms with Crippen molar-refractivity contribution in [1.82, 2.24) is 15.1 Å². The number of rotatable bonds is 1. The van der Waals surface area contributed by atoms with Crippen molar-refractivity contribution in [3.8, 4) is 0 Å². The van der Waals surface area contributed by atoms with Crippen LogP contribution in [0.2, 0.25) is 0 Å². The molecule has 0 bridgehead atoms. The summed E-state index contributed by atoms with van der Waals surface area (Å²) in [4.78, 5) is 14.8. The normalized spacial score (nSPS) is 31.1. The Hall–Kier alpha value is -1.32. The predicted octanol–water partition coefficient (Wildman–Crippen LogP) is 2.76. The lowest BCUT2D eigenvalue weighted by molar-refractivity contribution is 0.0217. The van der Waals surface area contributed by atoms with Gasteiger partial charge in [-0.25, -0.2) is 0 Å². The van der Waals surface area contributed by atoms with Crippen molar-refractivity contribution in [2.45, 2.75) is 52.0 Å². The summed E-state index contributed by atoms with van der Waals surface area (Å²) in [6, 6.07) is 0.458. The summed E-state index contributed by atoms with van der Waals surface area (Å²) in [6.07, 6.45) is 7.88. The van der Waals surface area contributed by atoms with Crippen LogP contribution in [0.15, 0.2) is 6.20 Å². The summed E-state index contributed by atoms with van der Waals surface area (Å²) in [5, 5.41) is 6.86. The molecule has 0 spiro atoms. The van der Waals surface area contributed by atoms with E-state index in [0.29, 0.717) is 12.0 Å². The molecule has 1 aliphatic carbocycles. The van der Waals surface area contributed by atoms with Crippen molar-refractivity contribution in [1.29, 1.82) is 0 Å². The number of carbonyl (C=O) groups is 1. The maximum absolute atomic E-state index is 12.7. The third kappa shape index (κ3) is 2.17. The van der Waals surface area contributed by atoms with Crippen LogP contribution in [0, 0.1) is 18.8 Å². The van der Waals surface area contributed by atoms with Crippen LogP contribution in [0.4, 0.5) is 0 Å². The highest BCUT2D eigenvalue weighted by Gasteiger charge is 2.39. The first-order chi connectivity index (χ1) is 9.18. The van der Waals surface area contributed by atoms with E-state index in [1.807, 2.05) is 6.92 Å². The molecule has 2 fully saturated rings. The molecule has 3 atom stereocenters. The van der Waals surface area contributed by atoms with Gasteiger partial charge in [-0.1, -0.05) is 19.8 Å². The number of H-pyrrole nitrogens is 1. The van der Waals surface area contributed by atoms with Crippen molar-refractivity contribution in [3.63, 3.8) is 0 Å². The average Bonchev–Trinajstić information content (AvgIpc) is 2.85. The molecule has 3 rings (SSSR count). The Morgan fingerprint density at radius 3 is 2.89 bits per heavy atom. The molecular formula is C15H23N3O. The highest BCUT2D eigenvalue weighted by Crippen LogP contribution is 2.39. The minimum Gasteiger partial charge on any atom is -0.335 e. The molecule has 3 unspecified atom stereocenters. The van der Waals surface area contributed by atoms with Crippen molar-refractivity contribution in [2.24, 2.45) is 11.8 Å². The average molecular weight is 261 g/mol. The molecule has 2 aliphatic rings. The number of aromatic nitrogens is 2. The van der Waals surface area contributed by atoms with Crippen LogP contribution >= 0.6 is 0 Å². The molecule has 19 heavy (non-hydrogen) atoms. The predicted molar refractivity (Wildman–Crippen MR) is 73.9 cm³/mol. The minimum atomic E-state index is 0.176. The van der Waals surface area contributed by atoms with E-state index in [9.17, 15) is 4.79 Å². The Labute approximate surface area is 114 Å². The van der Waals surface area contributed by atoms with E-state index in [0.717, 1.165) is 30.1 Å². The highest BCUT2D eigenvalue weighted by molar-refractivity contribution is 5.95. The van der Waals surface area contributed by atoms with Gasteiger partial charge in [-0.05, 0) is 38.0 Å². The van der Waals surface area contributed by atoms with Crippen LogP contribution in [0.5, 0.6) is 0 Å². The number of hydrogen-bond donors (Lipinski definition) is 1. The van der Waals surface area contributed by atoms with E-state index < -0.39 is 0 Å². The van der Waals surface area contributed by atoms with Gasteiger partial charge in [0.2, 0.25) is 0 Å². The fourth-order valence-corrected chi connectivity index (χ4v) is 3.89. The molecule has 0 radical (unpaired) electrons. The molecule has 1 N–H and O–H groups in total. The topological polar surface area (TPSA) is 49.0 Å². The van der Waals surface area contributed by atoms with E-state index in [4.69, 9.17) is 0 Å². The summed E-state index contributed by atoms with van der Waals surface area (Å²) in [7, 11) is 0. The number of nitrogens with zero attached hydrogens (tertiary/aromatic N) is 2. The Kier molecular flexibility index (Phi) is 3.33. The summed E-state index contributed by atoms with van der Waals surface area (Å²) < 4.78 is 0. The molecule has 0 aromatic carbocycles. The number of nitrogens with one attached hydrogen (secondary N) is 1. The van der Waals surface area contributed by atoms with Gasteiger partial charge in [0.05, 0.1) is 11.8 Å². The van der Waals surface area contributed by atoms with Crippen molar-refractivity contribution < 1.29 is 4.79 Å². The zero-order chi connectivity index (χ0) is 13.4. The number of aryl methyl sites for hydroxylation is 1. The van der Waals surface area contributed by atoms with Gasteiger partial charge in [0, 0.05) is 18.3 Å². The number of fused-ring (bicyclic) bond motifs is 1. The number of piperidine rings is 1. The second-order valence-corrected chi connectivity index (χ2v) is 6.19. The van der Waals surface area contributed by atoms with Gasteiger partial charge >= 0.3 is 0 Å². The molecule has 4 nitrogen and oxygen atoms in total. The monoisotopic (exact) mass is 261 g/mol. The second-order valence-electron chi connectivity index (χ2n) is 6.19. The molecule has 1 aliphatic heterocycles. The van der Waals surface area contributed by atoms with Gasteiger partial charge in [-0.3, -0.25) is 9.89 Å². The number of likely N-dealkylation sites (tertiary alicyclic amines) is 1. The molecule has 1 aromatic rings. The first-order valence-corrected chi connectivity index (χ1v) is 7.49. The van der Waals surface area contributed by atoms with Gasteiger partial charge in [0.1, 0.15) is 0 Å². The summed E-state index contributed by atoms with van der Waals surface area (Å²) >= 11 is 0. The van der Waals surface area contributed by atoms with E-state index in [-0.39, 0.29) is 5.91 Å². The van der Waals surface area contributed by atoms with Crippen molar-refractivity contribution in [2.75, 3.05) is 6.54 Å². The zero-order valence-electron chi connectivity index (χ0n) is 11.9. The lowest BCUT2D eigenvalue weighted by Gasteiger charge is -2.47. The molecule has 1 saturated carbocycles. The lowest BCUT2D eigenvalue weighted by atomic mass is 9.72. The number of hydrogen-bond acceptors (Lipinski definition) is 2. The summed E-state index contributed by atoms with van der Waals surface area (Å²) in [6.45, 7) is 5.19. The van der Waals surface area contributed by atoms with Crippen molar-refractivity contribution >= 4 is 5.91 Å². The smallest absolute Gasteiger partial charge is 0.257 e. The quantitative estimate of drug-likeness (QED) is 0.845. The zero-order valence-corrected chi connectivity index (χ0v) is 11.9. The largest absolute Gasteiger partial charge is 0.335 e. The fourth-order valence-electron chi connectivity index (χ4n) is 3.89. The van der Waals surface area contributed by atoms with Gasteiger partial charge < -0.3 is 4.90 Å². The van der Waals surface area contributed by atoms with E-state index in [1.165, 1.54) is 25.7 Å². The SMILES string of the molecule is Cc1[nH]ncc1C(=O)N1CCC(C)C2CCCCC21. The molecule has 2 heterocycles. The van der Waals surface area contributed by atoms with Crippen molar-refractivity contribution in [3.05, 3.63) is 17.5 Å². The number of carbonyl (C=O) groups excluding carboxylic acids is 1. The van der Waals surface area contributed by atoms with Gasteiger partial charge in [0.25, 0.3) is 5.91 Å². The highest BCUT2D eigenvalue weighted by atomic mass is 16.2. The molecule has 4 heteroatoms. The summed E-state index contributed by atoms with van der Waals surface area (Å²) in [5.41, 5.74) is 1.63. The third-order valence-corrected chi connectivity index (χ3v) is 5.06. The number of aromatic amines is 1. The lowest BCUT2D eigenvalue weighted by Crippen LogP contribution is -2.52. The summed E-state index contributed by atoms with van der Waals surface area (Å²) in [5.74, 6) is 1.65. The minimum absolute atomic E-state index is 0.176. The maximum atomic E-state index is 12.7. The molecule has 1 saturated heterocycles. The van der Waals surface area contributed by atoms with E-state index in [2.05, 4.69) is 22.0 Å². The standard InChI is InChI=1S/C15H23N3O/c1-10-7-8-18(14-6-4-3-5-12(10)14)15(19)13-9-16-17-11(13)2/h9-10,12,14H,3-8H2,1-2H3,(H,16,17). The van der Waals surface area contributed by atoms with Crippen LogP contribution < -0.4 is 0 Å². The third-order valence-electron chi connectivity index (χ3n) is 5.06. The van der Waals surface area contributed by atoms with Crippen LogP contribution in [-0.4, -0.2) is 33.6 Å². The first kappa shape index (κ1) is 12.7. The van der Waals surface area contributed by atoms with Gasteiger partial charge in [0.15, 0.2) is 0 Å². The van der Waals surface area contributed by atoms with Crippen LogP contribution in [0.25, 0.3) is 0 Å². The second kappa shape index (κ2) is 4.99. The Morgan fingerprint density at radius 1 is 1.37 bits per heavy atom. The Morgan fingerprint density at radius 2 is 2.16 bits per heavy atom. The first-order valence-electron chi connectivity index (χ1n) is 7.49. The van der Waals surface area contributed by atoms with E-state index in [1.54, 1.807) is 6.20 Å². The van der Waals surface area contributed by atoms with Gasteiger partial charge in [-0.2, -0.15) is 5.10 Å². The van der Waals surface area contributed by atoms with E-state index >= 15 is 0 Å². The van der Waals surface area contributed by atoms with Crippen LogP contribution in [0.1, 0.15) is 55.1 Å². The van der Waals surface area contributed by atoms with Gasteiger partial charge in [-0.15, -0.1) is 0 Å². The Balaban J connectivity index is 1.84. The number of amides is 1. The molecule has 104 valence electrons. The molecule has 1 aromatic heterocycles. The van der Waals surface area contributed by atoms with Crippen LogP contribution in [0.3, 0.4) is 0 Å². The maximum Gasteiger partial charge on any atom is 0.257 e. The molecular weight excluding hydrogens is 238 g/mol. The fraction of sp³-hybridized carbons (Fsp3) is 0.733. The molecule has 1 amide bonds.